The van der Waals surface area contributed by atoms with Gasteiger partial charge in [-0.25, -0.2) is 13.4 Å². The minimum Gasteiger partial charge on any atom is -0.493 e. The van der Waals surface area contributed by atoms with E-state index in [4.69, 9.17) is 9.47 Å². The lowest BCUT2D eigenvalue weighted by molar-refractivity contribution is -0.137. The Labute approximate surface area is 208 Å². The second kappa shape index (κ2) is 9.43. The first kappa shape index (κ1) is 24.1. The molecule has 186 valence electrons. The van der Waals surface area contributed by atoms with Crippen LogP contribution in [0.25, 0.3) is 11.3 Å². The van der Waals surface area contributed by atoms with Crippen molar-refractivity contribution in [1.29, 1.82) is 0 Å². The van der Waals surface area contributed by atoms with Gasteiger partial charge in [0.15, 0.2) is 5.13 Å². The van der Waals surface area contributed by atoms with Crippen LogP contribution in [0.1, 0.15) is 23.7 Å². The highest BCUT2D eigenvalue weighted by atomic mass is 32.2. The Kier molecular flexibility index (Phi) is 6.31. The Bertz CT molecular complexity index is 1480. The zero-order chi connectivity index (χ0) is 25.3. The van der Waals surface area contributed by atoms with Gasteiger partial charge in [-0.3, -0.25) is 9.71 Å². The maximum Gasteiger partial charge on any atom is 0.416 e. The minimum absolute atomic E-state index is 0.0131. The average molecular weight is 534 g/mol. The number of rotatable bonds is 6. The Balaban J connectivity index is 1.47. The third-order valence-corrected chi connectivity index (χ3v) is 7.61. The van der Waals surface area contributed by atoms with Gasteiger partial charge in [0.25, 0.3) is 10.0 Å². The molecule has 1 atom stereocenters. The number of hydrogen-bond donors (Lipinski definition) is 1. The van der Waals surface area contributed by atoms with Gasteiger partial charge in [0, 0.05) is 41.4 Å². The van der Waals surface area contributed by atoms with Crippen molar-refractivity contribution in [2.75, 3.05) is 11.3 Å². The lowest BCUT2D eigenvalue weighted by Crippen LogP contribution is -2.20. The number of aromatic nitrogens is 2. The van der Waals surface area contributed by atoms with Crippen LogP contribution in [0.2, 0.25) is 0 Å². The Hall–Kier alpha value is -3.64. The third kappa shape index (κ3) is 5.00. The summed E-state index contributed by atoms with van der Waals surface area (Å²) in [4.78, 5) is 8.11. The van der Waals surface area contributed by atoms with Gasteiger partial charge in [-0.05, 0) is 36.4 Å². The van der Waals surface area contributed by atoms with E-state index in [9.17, 15) is 21.6 Å². The maximum atomic E-state index is 13.4. The summed E-state index contributed by atoms with van der Waals surface area (Å²) in [6.45, 7) is 0.237. The van der Waals surface area contributed by atoms with Crippen LogP contribution in [0.4, 0.5) is 18.3 Å². The fraction of sp³-hybridized carbons (Fsp3) is 0.167. The fourth-order valence-corrected chi connectivity index (χ4v) is 5.56. The van der Waals surface area contributed by atoms with E-state index in [1.165, 1.54) is 30.6 Å². The zero-order valence-electron chi connectivity index (χ0n) is 18.4. The molecule has 0 bridgehead atoms. The van der Waals surface area contributed by atoms with Crippen LogP contribution in [0.5, 0.6) is 11.5 Å². The van der Waals surface area contributed by atoms with E-state index in [1.807, 2.05) is 0 Å². The molecule has 0 spiro atoms. The number of alkyl halides is 3. The first-order valence-electron chi connectivity index (χ1n) is 10.7. The van der Waals surface area contributed by atoms with Gasteiger partial charge in [0.1, 0.15) is 17.6 Å². The summed E-state index contributed by atoms with van der Waals surface area (Å²) in [5, 5.41) is 1.88. The summed E-state index contributed by atoms with van der Waals surface area (Å²) in [5.74, 6) is 0.543. The van der Waals surface area contributed by atoms with Gasteiger partial charge in [-0.15, -0.1) is 11.3 Å². The number of pyridine rings is 1. The van der Waals surface area contributed by atoms with Crippen molar-refractivity contribution in [3.05, 3.63) is 83.5 Å². The molecule has 2 aromatic heterocycles. The molecule has 3 heterocycles. The maximum absolute atomic E-state index is 13.4. The van der Waals surface area contributed by atoms with E-state index in [2.05, 4.69) is 14.7 Å². The quantitative estimate of drug-likeness (QED) is 0.331. The van der Waals surface area contributed by atoms with E-state index in [0.717, 1.165) is 23.5 Å². The van der Waals surface area contributed by atoms with E-state index < -0.39 is 27.9 Å². The number of sulfonamides is 1. The molecule has 0 unspecified atom stereocenters. The Morgan fingerprint density at radius 1 is 1.06 bits per heavy atom. The standard InChI is InChI=1S/C24H18F3N3O4S2/c25-24(26,27)15-4-7-20(18(13-15)19-3-1-2-9-28-19)34-21-8-11-33-22-14-16(5-6-17(21)22)36(31,32)30-23-29-10-12-35-23/h1-7,9-10,12-14,21H,8,11H2,(H,29,30)/t21-/m1/s1. The summed E-state index contributed by atoms with van der Waals surface area (Å²) in [6.07, 6.45) is -1.70. The van der Waals surface area contributed by atoms with Crippen LogP contribution in [0.3, 0.4) is 0 Å². The largest absolute Gasteiger partial charge is 0.493 e. The van der Waals surface area contributed by atoms with Gasteiger partial charge in [-0.2, -0.15) is 13.2 Å². The van der Waals surface area contributed by atoms with Crippen LogP contribution < -0.4 is 14.2 Å². The molecule has 2 aromatic carbocycles. The van der Waals surface area contributed by atoms with E-state index >= 15 is 0 Å². The minimum atomic E-state index is -4.53. The molecule has 0 saturated heterocycles. The normalized spacial score (nSPS) is 15.6. The topological polar surface area (TPSA) is 90.4 Å². The van der Waals surface area contributed by atoms with Gasteiger partial charge < -0.3 is 9.47 Å². The van der Waals surface area contributed by atoms with Crippen molar-refractivity contribution in [3.63, 3.8) is 0 Å². The summed E-state index contributed by atoms with van der Waals surface area (Å²) in [7, 11) is -3.89. The van der Waals surface area contributed by atoms with E-state index in [-0.39, 0.29) is 27.9 Å². The van der Waals surface area contributed by atoms with Crippen LogP contribution in [-0.2, 0) is 16.2 Å². The van der Waals surface area contributed by atoms with Crippen molar-refractivity contribution >= 4 is 26.5 Å². The molecule has 4 aromatic rings. The molecule has 0 radical (unpaired) electrons. The summed E-state index contributed by atoms with van der Waals surface area (Å²) in [6, 6.07) is 12.6. The van der Waals surface area contributed by atoms with Crippen LogP contribution in [0.15, 0.2) is 77.3 Å². The number of benzene rings is 2. The number of anilines is 1. The molecule has 12 heteroatoms. The smallest absolute Gasteiger partial charge is 0.416 e. The predicted molar refractivity (Wildman–Crippen MR) is 128 cm³/mol. The third-order valence-electron chi connectivity index (χ3n) is 5.45. The van der Waals surface area contributed by atoms with Gasteiger partial charge >= 0.3 is 6.18 Å². The summed E-state index contributed by atoms with van der Waals surface area (Å²) < 4.78 is 79.9. The van der Waals surface area contributed by atoms with Gasteiger partial charge in [0.2, 0.25) is 0 Å². The molecular weight excluding hydrogens is 515 g/mol. The first-order valence-corrected chi connectivity index (χ1v) is 13.1. The summed E-state index contributed by atoms with van der Waals surface area (Å²) >= 11 is 1.15. The second-order valence-corrected chi connectivity index (χ2v) is 10.4. The van der Waals surface area contributed by atoms with Crippen molar-refractivity contribution < 1.29 is 31.1 Å². The van der Waals surface area contributed by atoms with E-state index in [1.54, 1.807) is 29.6 Å². The van der Waals surface area contributed by atoms with Crippen molar-refractivity contribution in [2.45, 2.75) is 23.6 Å². The molecule has 1 N–H and O–H groups in total. The van der Waals surface area contributed by atoms with Gasteiger partial charge in [0.05, 0.1) is 22.8 Å². The highest BCUT2D eigenvalue weighted by Gasteiger charge is 2.32. The average Bonchev–Trinajstić information content (AvgIpc) is 3.36. The molecule has 1 aliphatic heterocycles. The molecule has 5 rings (SSSR count). The van der Waals surface area contributed by atoms with Crippen LogP contribution >= 0.6 is 11.3 Å². The number of ether oxygens (including phenoxy) is 2. The number of halogens is 3. The highest BCUT2D eigenvalue weighted by Crippen LogP contribution is 2.41. The molecule has 0 aliphatic carbocycles. The molecule has 1 aliphatic rings. The van der Waals surface area contributed by atoms with Gasteiger partial charge in [-0.1, -0.05) is 12.1 Å². The summed E-state index contributed by atoms with van der Waals surface area (Å²) in [5.41, 5.74) is 0.303. The lowest BCUT2D eigenvalue weighted by Gasteiger charge is -2.28. The number of fused-ring (bicyclic) bond motifs is 1. The molecule has 0 amide bonds. The molecule has 0 fully saturated rings. The van der Waals surface area contributed by atoms with E-state index in [0.29, 0.717) is 23.4 Å². The Morgan fingerprint density at radius 3 is 2.64 bits per heavy atom. The molecule has 0 saturated carbocycles. The van der Waals surface area contributed by atoms with Crippen molar-refractivity contribution in [1.82, 2.24) is 9.97 Å². The number of hydrogen-bond acceptors (Lipinski definition) is 7. The molecule has 7 nitrogen and oxygen atoms in total. The monoisotopic (exact) mass is 533 g/mol. The van der Waals surface area contributed by atoms with Crippen molar-refractivity contribution in [2.24, 2.45) is 0 Å². The number of nitrogens with zero attached hydrogens (tertiary/aromatic N) is 2. The number of nitrogens with one attached hydrogen (secondary N) is 1. The zero-order valence-corrected chi connectivity index (χ0v) is 20.0. The fourth-order valence-electron chi connectivity index (χ4n) is 3.76. The van der Waals surface area contributed by atoms with Crippen LogP contribution in [-0.4, -0.2) is 25.0 Å². The van der Waals surface area contributed by atoms with Crippen molar-refractivity contribution in [3.8, 4) is 22.8 Å². The molecule has 36 heavy (non-hydrogen) atoms. The highest BCUT2D eigenvalue weighted by molar-refractivity contribution is 7.93. The SMILES string of the molecule is O=S(=O)(Nc1nccs1)c1ccc2c(c1)OCC[C@H]2Oc1ccc(C(F)(F)F)cc1-c1ccccn1. The lowest BCUT2D eigenvalue weighted by atomic mass is 10.0. The molecular formula is C24H18F3N3O4S2. The first-order chi connectivity index (χ1) is 17.2. The van der Waals surface area contributed by atoms with Crippen LogP contribution in [0, 0.1) is 0 Å². The Morgan fingerprint density at radius 2 is 1.92 bits per heavy atom. The predicted octanol–water partition coefficient (Wildman–Crippen LogP) is 5.93. The second-order valence-electron chi connectivity index (χ2n) is 7.81. The number of thiazole rings is 1.